The van der Waals surface area contributed by atoms with Crippen LogP contribution in [0.25, 0.3) is 0 Å². The Morgan fingerprint density at radius 2 is 1.88 bits per heavy atom. The molecular weight excluding hydrogens is 360 g/mol. The van der Waals surface area contributed by atoms with Crippen LogP contribution in [0.2, 0.25) is 0 Å². The summed E-state index contributed by atoms with van der Waals surface area (Å²) in [5.74, 6) is 0.462. The van der Waals surface area contributed by atoms with E-state index in [2.05, 4.69) is 4.28 Å². The van der Waals surface area contributed by atoms with E-state index < -0.39 is 26.4 Å². The summed E-state index contributed by atoms with van der Waals surface area (Å²) in [7, 11) is -7.31. The van der Waals surface area contributed by atoms with Crippen molar-refractivity contribution in [1.29, 1.82) is 0 Å². The van der Waals surface area contributed by atoms with Crippen LogP contribution < -0.4 is 9.88 Å². The predicted octanol–water partition coefficient (Wildman–Crippen LogP) is 0.390. The summed E-state index contributed by atoms with van der Waals surface area (Å²) in [5, 5.41) is 4.84. The zero-order valence-electron chi connectivity index (χ0n) is 13.1. The van der Waals surface area contributed by atoms with Gasteiger partial charge in [0.15, 0.2) is 0 Å². The van der Waals surface area contributed by atoms with Crippen molar-refractivity contribution in [2.75, 3.05) is 20.3 Å². The third kappa shape index (κ3) is 5.13. The third-order valence-electron chi connectivity index (χ3n) is 3.44. The van der Waals surface area contributed by atoms with Gasteiger partial charge in [0, 0.05) is 6.61 Å². The van der Waals surface area contributed by atoms with E-state index in [-0.39, 0.29) is 11.4 Å². The van der Waals surface area contributed by atoms with Gasteiger partial charge in [-0.05, 0) is 43.5 Å². The number of benzene rings is 1. The fourth-order valence-electron chi connectivity index (χ4n) is 2.27. The van der Waals surface area contributed by atoms with Crippen molar-refractivity contribution >= 4 is 20.3 Å². The first kappa shape index (κ1) is 19.1. The minimum absolute atomic E-state index is 0.150. The van der Waals surface area contributed by atoms with Gasteiger partial charge in [0.25, 0.3) is 10.0 Å². The van der Waals surface area contributed by atoms with Crippen molar-refractivity contribution in [1.82, 2.24) is 4.47 Å². The minimum atomic E-state index is -4.51. The second-order valence-corrected chi connectivity index (χ2v) is 8.19. The lowest BCUT2D eigenvalue weighted by atomic mass is 10.1. The van der Waals surface area contributed by atoms with Gasteiger partial charge < -0.3 is 9.47 Å². The number of ether oxygens (including phenoxy) is 2. The van der Waals surface area contributed by atoms with Gasteiger partial charge in [-0.2, -0.15) is 8.42 Å². The highest BCUT2D eigenvalue weighted by Gasteiger charge is 2.32. The molecule has 11 heteroatoms. The minimum Gasteiger partial charge on any atom is -0.497 e. The van der Waals surface area contributed by atoms with Crippen molar-refractivity contribution in [2.24, 2.45) is 5.14 Å². The maximum atomic E-state index is 12.7. The Morgan fingerprint density at radius 3 is 2.38 bits per heavy atom. The molecule has 9 nitrogen and oxygen atoms in total. The van der Waals surface area contributed by atoms with Gasteiger partial charge in [-0.1, -0.05) is 4.47 Å². The molecule has 1 aromatic carbocycles. The van der Waals surface area contributed by atoms with Crippen LogP contribution >= 0.6 is 0 Å². The Bertz CT molecular complexity index is 741. The van der Waals surface area contributed by atoms with E-state index in [0.717, 1.165) is 12.8 Å². The monoisotopic (exact) mass is 380 g/mol. The first-order valence-electron chi connectivity index (χ1n) is 7.23. The third-order valence-corrected chi connectivity index (χ3v) is 5.55. The van der Waals surface area contributed by atoms with E-state index in [1.807, 2.05) is 0 Å². The number of hydrogen-bond acceptors (Lipinski definition) is 7. The summed E-state index contributed by atoms with van der Waals surface area (Å²) in [4.78, 5) is -0.150. The van der Waals surface area contributed by atoms with Crippen molar-refractivity contribution in [3.8, 4) is 5.75 Å². The molecule has 0 spiro atoms. The Labute approximate surface area is 141 Å². The molecule has 1 heterocycles. The lowest BCUT2D eigenvalue weighted by Crippen LogP contribution is -2.42. The number of hydrogen-bond donors (Lipinski definition) is 1. The molecule has 1 saturated heterocycles. The Hall–Kier alpha value is -1.24. The summed E-state index contributed by atoms with van der Waals surface area (Å²) in [6.07, 6.45) is 1.87. The van der Waals surface area contributed by atoms with Crippen molar-refractivity contribution in [3.05, 3.63) is 24.3 Å². The average molecular weight is 380 g/mol. The molecule has 136 valence electrons. The molecule has 0 amide bonds. The second kappa shape index (κ2) is 7.76. The Balaban J connectivity index is 2.28. The largest absolute Gasteiger partial charge is 0.497 e. The highest BCUT2D eigenvalue weighted by Crippen LogP contribution is 2.23. The fourth-order valence-corrected chi connectivity index (χ4v) is 4.21. The number of rotatable bonds is 7. The number of nitrogens with two attached hydrogens (primary N) is 1. The van der Waals surface area contributed by atoms with E-state index in [9.17, 15) is 16.8 Å². The van der Waals surface area contributed by atoms with E-state index in [0.29, 0.717) is 23.2 Å². The molecule has 2 rings (SSSR count). The van der Waals surface area contributed by atoms with Crippen LogP contribution in [0.1, 0.15) is 19.3 Å². The number of nitrogens with zero attached hydrogens (tertiary/aromatic N) is 1. The molecule has 0 aromatic heterocycles. The van der Waals surface area contributed by atoms with Gasteiger partial charge in [0.2, 0.25) is 0 Å². The van der Waals surface area contributed by atoms with Crippen LogP contribution in [-0.2, 0) is 29.3 Å². The van der Waals surface area contributed by atoms with E-state index in [4.69, 9.17) is 14.6 Å². The van der Waals surface area contributed by atoms with Gasteiger partial charge in [-0.15, -0.1) is 4.28 Å². The molecule has 1 atom stereocenters. The summed E-state index contributed by atoms with van der Waals surface area (Å²) >= 11 is 0. The SMILES string of the molecule is COc1ccc(S(=O)(=O)N(CC2CCCCO2)OS(N)(=O)=O)cc1. The molecule has 1 aliphatic rings. The van der Waals surface area contributed by atoms with Crippen LogP contribution in [0.4, 0.5) is 0 Å². The number of sulfonamides is 1. The normalized spacial score (nSPS) is 19.4. The highest BCUT2D eigenvalue weighted by atomic mass is 32.2. The molecular formula is C13H20N2O7S2. The smallest absolute Gasteiger partial charge is 0.350 e. The summed E-state index contributed by atoms with van der Waals surface area (Å²) in [6, 6.07) is 5.46. The van der Waals surface area contributed by atoms with Gasteiger partial charge >= 0.3 is 10.3 Å². The zero-order valence-corrected chi connectivity index (χ0v) is 14.8. The second-order valence-electron chi connectivity index (χ2n) is 5.22. The van der Waals surface area contributed by atoms with Crippen LogP contribution in [-0.4, -0.2) is 47.7 Å². The Kier molecular flexibility index (Phi) is 6.17. The molecule has 1 aliphatic heterocycles. The lowest BCUT2D eigenvalue weighted by Gasteiger charge is -2.27. The van der Waals surface area contributed by atoms with E-state index in [1.165, 1.54) is 31.4 Å². The maximum Gasteiger partial charge on any atom is 0.350 e. The van der Waals surface area contributed by atoms with Crippen molar-refractivity contribution in [2.45, 2.75) is 30.3 Å². The number of hydroxylamine groups is 1. The van der Waals surface area contributed by atoms with Crippen LogP contribution in [0.3, 0.4) is 0 Å². The summed E-state index contributed by atoms with van der Waals surface area (Å²) < 4.78 is 63.1. The van der Waals surface area contributed by atoms with Gasteiger partial charge in [0.1, 0.15) is 5.75 Å². The highest BCUT2D eigenvalue weighted by molar-refractivity contribution is 7.90. The van der Waals surface area contributed by atoms with Gasteiger partial charge in [0.05, 0.1) is 24.7 Å². The maximum absolute atomic E-state index is 12.7. The Morgan fingerprint density at radius 1 is 1.21 bits per heavy atom. The number of methoxy groups -OCH3 is 1. The molecule has 0 bridgehead atoms. The van der Waals surface area contributed by atoms with Crippen molar-refractivity contribution < 1.29 is 30.6 Å². The molecule has 1 aromatic rings. The van der Waals surface area contributed by atoms with Crippen molar-refractivity contribution in [3.63, 3.8) is 0 Å². The van der Waals surface area contributed by atoms with E-state index in [1.54, 1.807) is 0 Å². The fraction of sp³-hybridized carbons (Fsp3) is 0.538. The first-order valence-corrected chi connectivity index (χ1v) is 10.1. The van der Waals surface area contributed by atoms with Gasteiger partial charge in [-0.3, -0.25) is 0 Å². The van der Waals surface area contributed by atoms with E-state index >= 15 is 0 Å². The molecule has 24 heavy (non-hydrogen) atoms. The summed E-state index contributed by atoms with van der Waals surface area (Å²) in [6.45, 7) is 0.210. The molecule has 0 saturated carbocycles. The molecule has 1 fully saturated rings. The summed E-state index contributed by atoms with van der Waals surface area (Å²) in [5.41, 5.74) is 0. The molecule has 0 aliphatic carbocycles. The molecule has 0 radical (unpaired) electrons. The lowest BCUT2D eigenvalue weighted by molar-refractivity contribution is -0.0467. The van der Waals surface area contributed by atoms with Crippen LogP contribution in [0.15, 0.2) is 29.2 Å². The van der Waals surface area contributed by atoms with Gasteiger partial charge in [-0.25, -0.2) is 13.6 Å². The quantitative estimate of drug-likeness (QED) is 0.678. The average Bonchev–Trinajstić information content (AvgIpc) is 2.54. The zero-order chi connectivity index (χ0) is 17.8. The predicted molar refractivity (Wildman–Crippen MR) is 84.7 cm³/mol. The molecule has 1 unspecified atom stereocenters. The molecule has 2 N–H and O–H groups in total. The van der Waals surface area contributed by atoms with Crippen LogP contribution in [0, 0.1) is 0 Å². The first-order chi connectivity index (χ1) is 11.2. The topological polar surface area (TPSA) is 125 Å². The standard InChI is InChI=1S/C13H20N2O7S2/c1-20-11-5-7-13(8-6-11)23(16,17)15(22-24(14,18)19)10-12-4-2-3-9-21-12/h5-8,12H,2-4,9-10H2,1H3,(H2,14,18,19). The van der Waals surface area contributed by atoms with Crippen LogP contribution in [0.5, 0.6) is 5.75 Å².